The van der Waals surface area contributed by atoms with Gasteiger partial charge in [-0.25, -0.2) is 4.98 Å². The molecule has 2 heterocycles. The van der Waals surface area contributed by atoms with Crippen LogP contribution in [-0.4, -0.2) is 42.5 Å². The van der Waals surface area contributed by atoms with Gasteiger partial charge in [0, 0.05) is 18.7 Å². The lowest BCUT2D eigenvalue weighted by Crippen LogP contribution is -2.42. The number of aromatic nitrogens is 1. The average molecular weight is 402 g/mol. The highest BCUT2D eigenvalue weighted by Crippen LogP contribution is 2.30. The van der Waals surface area contributed by atoms with Crippen molar-refractivity contribution in [1.82, 2.24) is 15.2 Å². The van der Waals surface area contributed by atoms with Crippen molar-refractivity contribution in [3.8, 4) is 11.3 Å². The molecule has 0 spiro atoms. The summed E-state index contributed by atoms with van der Waals surface area (Å²) in [5, 5.41) is 4.17. The highest BCUT2D eigenvalue weighted by molar-refractivity contribution is 7.14. The summed E-state index contributed by atoms with van der Waals surface area (Å²) in [6, 6.07) is 10.00. The SMILES string of the molecule is CNCC1CCCN(C(=O)c2sc(C)nc2-c2ccccc2)C1.Cl.Cl. The zero-order valence-corrected chi connectivity index (χ0v) is 17.0. The molecule has 7 heteroatoms. The first-order valence-corrected chi connectivity index (χ1v) is 8.97. The first kappa shape index (κ1) is 21.9. The number of piperidine rings is 1. The predicted molar refractivity (Wildman–Crippen MR) is 109 cm³/mol. The van der Waals surface area contributed by atoms with Gasteiger partial charge in [-0.2, -0.15) is 0 Å². The Balaban J connectivity index is 0.00000156. The molecule has 1 saturated heterocycles. The molecule has 0 radical (unpaired) electrons. The van der Waals surface area contributed by atoms with Crippen LogP contribution in [0.1, 0.15) is 27.5 Å². The molecule has 0 saturated carbocycles. The summed E-state index contributed by atoms with van der Waals surface area (Å²) in [5.74, 6) is 0.683. The summed E-state index contributed by atoms with van der Waals surface area (Å²) < 4.78 is 0. The third-order valence-electron chi connectivity index (χ3n) is 4.27. The summed E-state index contributed by atoms with van der Waals surface area (Å²) in [6.45, 7) is 4.63. The number of nitrogens with zero attached hydrogens (tertiary/aromatic N) is 2. The van der Waals surface area contributed by atoms with Crippen LogP contribution in [-0.2, 0) is 0 Å². The van der Waals surface area contributed by atoms with E-state index in [0.29, 0.717) is 5.92 Å². The summed E-state index contributed by atoms with van der Waals surface area (Å²) in [7, 11) is 1.97. The molecule has 1 aromatic heterocycles. The van der Waals surface area contributed by atoms with Gasteiger partial charge in [-0.05, 0) is 39.3 Å². The van der Waals surface area contributed by atoms with Gasteiger partial charge >= 0.3 is 0 Å². The van der Waals surface area contributed by atoms with E-state index in [-0.39, 0.29) is 30.7 Å². The van der Waals surface area contributed by atoms with Gasteiger partial charge in [0.15, 0.2) is 0 Å². The Hall–Kier alpha value is -1.14. The third-order valence-corrected chi connectivity index (χ3v) is 5.23. The number of hydrogen-bond acceptors (Lipinski definition) is 4. The quantitative estimate of drug-likeness (QED) is 0.840. The number of carbonyl (C=O) groups excluding carboxylic acids is 1. The van der Waals surface area contributed by atoms with Gasteiger partial charge in [0.25, 0.3) is 5.91 Å². The maximum atomic E-state index is 13.0. The molecular weight excluding hydrogens is 377 g/mol. The fraction of sp³-hybridized carbons (Fsp3) is 0.444. The number of amides is 1. The van der Waals surface area contributed by atoms with Crippen LogP contribution in [0.15, 0.2) is 30.3 Å². The molecule has 1 aliphatic rings. The Morgan fingerprint density at radius 2 is 2.04 bits per heavy atom. The molecule has 3 rings (SSSR count). The summed E-state index contributed by atoms with van der Waals surface area (Å²) >= 11 is 1.51. The van der Waals surface area contributed by atoms with Gasteiger partial charge in [-0.1, -0.05) is 30.3 Å². The van der Waals surface area contributed by atoms with Gasteiger partial charge in [0.2, 0.25) is 0 Å². The summed E-state index contributed by atoms with van der Waals surface area (Å²) in [5.41, 5.74) is 1.85. The van der Waals surface area contributed by atoms with Gasteiger partial charge in [0.05, 0.1) is 10.7 Å². The normalized spacial score (nSPS) is 16.7. The van der Waals surface area contributed by atoms with E-state index in [1.807, 2.05) is 49.2 Å². The second-order valence-corrected chi connectivity index (χ2v) is 7.30. The van der Waals surface area contributed by atoms with Crippen molar-refractivity contribution in [2.24, 2.45) is 5.92 Å². The molecule has 1 unspecified atom stereocenters. The first-order chi connectivity index (χ1) is 11.2. The Kier molecular flexibility index (Phi) is 8.86. The Morgan fingerprint density at radius 1 is 1.32 bits per heavy atom. The van der Waals surface area contributed by atoms with E-state index in [4.69, 9.17) is 0 Å². The van der Waals surface area contributed by atoms with Crippen LogP contribution in [0, 0.1) is 12.8 Å². The molecule has 138 valence electrons. The van der Waals surface area contributed by atoms with E-state index >= 15 is 0 Å². The van der Waals surface area contributed by atoms with Crippen molar-refractivity contribution < 1.29 is 4.79 Å². The van der Waals surface area contributed by atoms with Crippen LogP contribution in [0.2, 0.25) is 0 Å². The lowest BCUT2D eigenvalue weighted by atomic mass is 9.97. The number of halogens is 2. The highest BCUT2D eigenvalue weighted by atomic mass is 35.5. The monoisotopic (exact) mass is 401 g/mol. The van der Waals surface area contributed by atoms with Crippen molar-refractivity contribution in [1.29, 1.82) is 0 Å². The van der Waals surface area contributed by atoms with Crippen LogP contribution >= 0.6 is 36.2 Å². The highest BCUT2D eigenvalue weighted by Gasteiger charge is 2.27. The Labute approximate surface area is 165 Å². The Bertz CT molecular complexity index is 676. The van der Waals surface area contributed by atoms with Crippen molar-refractivity contribution in [2.45, 2.75) is 19.8 Å². The van der Waals surface area contributed by atoms with E-state index in [0.717, 1.165) is 47.2 Å². The molecule has 0 bridgehead atoms. The van der Waals surface area contributed by atoms with Crippen molar-refractivity contribution >= 4 is 42.1 Å². The zero-order valence-electron chi connectivity index (χ0n) is 14.5. The van der Waals surface area contributed by atoms with Crippen LogP contribution < -0.4 is 5.32 Å². The van der Waals surface area contributed by atoms with Crippen LogP contribution in [0.25, 0.3) is 11.3 Å². The van der Waals surface area contributed by atoms with E-state index in [1.165, 1.54) is 17.8 Å². The van der Waals surface area contributed by atoms with Crippen molar-refractivity contribution in [3.63, 3.8) is 0 Å². The average Bonchev–Trinajstić information content (AvgIpc) is 2.97. The van der Waals surface area contributed by atoms with Crippen molar-refractivity contribution in [2.75, 3.05) is 26.7 Å². The van der Waals surface area contributed by atoms with Crippen molar-refractivity contribution in [3.05, 3.63) is 40.2 Å². The molecule has 25 heavy (non-hydrogen) atoms. The van der Waals surface area contributed by atoms with E-state index < -0.39 is 0 Å². The number of nitrogens with one attached hydrogen (secondary N) is 1. The van der Waals surface area contributed by atoms with Gasteiger partial charge in [-0.3, -0.25) is 4.79 Å². The van der Waals surface area contributed by atoms with Gasteiger partial charge < -0.3 is 10.2 Å². The van der Waals surface area contributed by atoms with E-state index in [1.54, 1.807) is 0 Å². The number of aryl methyl sites for hydroxylation is 1. The minimum Gasteiger partial charge on any atom is -0.338 e. The second kappa shape index (κ2) is 10.1. The second-order valence-electron chi connectivity index (χ2n) is 6.09. The fourth-order valence-electron chi connectivity index (χ4n) is 3.21. The van der Waals surface area contributed by atoms with E-state index in [2.05, 4.69) is 10.3 Å². The smallest absolute Gasteiger partial charge is 0.266 e. The van der Waals surface area contributed by atoms with Crippen LogP contribution in [0.3, 0.4) is 0 Å². The fourth-order valence-corrected chi connectivity index (χ4v) is 4.12. The molecule has 1 amide bonds. The molecule has 1 aromatic carbocycles. The first-order valence-electron chi connectivity index (χ1n) is 8.15. The van der Waals surface area contributed by atoms with Crippen LogP contribution in [0.5, 0.6) is 0 Å². The van der Waals surface area contributed by atoms with E-state index in [9.17, 15) is 4.79 Å². The summed E-state index contributed by atoms with van der Waals surface area (Å²) in [4.78, 5) is 20.4. The number of rotatable bonds is 4. The standard InChI is InChI=1S/C18H23N3OS.2ClH/c1-13-20-16(15-8-4-3-5-9-15)17(23-13)18(22)21-10-6-7-14(12-21)11-19-2;;/h3-5,8-9,14,19H,6-7,10-12H2,1-2H3;2*1H. The molecule has 1 atom stereocenters. The topological polar surface area (TPSA) is 45.2 Å². The van der Waals surface area contributed by atoms with Crippen LogP contribution in [0.4, 0.5) is 0 Å². The zero-order chi connectivity index (χ0) is 16.2. The number of thiazole rings is 1. The number of hydrogen-bond donors (Lipinski definition) is 1. The molecular formula is C18H25Cl2N3OS. The number of likely N-dealkylation sites (tertiary alicyclic amines) is 1. The largest absolute Gasteiger partial charge is 0.338 e. The Morgan fingerprint density at radius 3 is 2.72 bits per heavy atom. The molecule has 1 fully saturated rings. The lowest BCUT2D eigenvalue weighted by molar-refractivity contribution is 0.0679. The maximum Gasteiger partial charge on any atom is 0.266 e. The molecule has 1 aliphatic heterocycles. The number of carbonyl (C=O) groups is 1. The third kappa shape index (κ3) is 5.17. The van der Waals surface area contributed by atoms with Gasteiger partial charge in [0.1, 0.15) is 4.88 Å². The molecule has 2 aromatic rings. The molecule has 1 N–H and O–H groups in total. The molecule has 4 nitrogen and oxygen atoms in total. The predicted octanol–water partition coefficient (Wildman–Crippen LogP) is 4.03. The summed E-state index contributed by atoms with van der Waals surface area (Å²) in [6.07, 6.45) is 2.27. The maximum absolute atomic E-state index is 13.0. The van der Waals surface area contributed by atoms with Gasteiger partial charge in [-0.15, -0.1) is 36.2 Å². The minimum absolute atomic E-state index is 0. The molecule has 0 aliphatic carbocycles. The minimum atomic E-state index is 0. The number of benzene rings is 1. The lowest BCUT2D eigenvalue weighted by Gasteiger charge is -2.32.